The van der Waals surface area contributed by atoms with Crippen molar-refractivity contribution in [2.45, 2.75) is 45.2 Å². The summed E-state index contributed by atoms with van der Waals surface area (Å²) in [5.74, 6) is -0.112. The van der Waals surface area contributed by atoms with Crippen LogP contribution in [0.4, 0.5) is 0 Å². The second-order valence-corrected chi connectivity index (χ2v) is 5.92. The summed E-state index contributed by atoms with van der Waals surface area (Å²) in [5, 5.41) is 0. The molecular formula is C17H24N2O4. The van der Waals surface area contributed by atoms with E-state index in [9.17, 15) is 9.59 Å². The van der Waals surface area contributed by atoms with Gasteiger partial charge in [0.25, 0.3) is 11.8 Å². The normalized spacial score (nSPS) is 20.9. The summed E-state index contributed by atoms with van der Waals surface area (Å²) in [6, 6.07) is 5.27. The van der Waals surface area contributed by atoms with Crippen LogP contribution in [-0.4, -0.2) is 42.5 Å². The number of hydrogen-bond acceptors (Lipinski definition) is 4. The fraction of sp³-hybridized carbons (Fsp3) is 0.529. The molecule has 1 aliphatic rings. The lowest BCUT2D eigenvalue weighted by Crippen LogP contribution is -2.49. The third-order valence-electron chi connectivity index (χ3n) is 4.29. The maximum absolute atomic E-state index is 12.5. The van der Waals surface area contributed by atoms with Crippen molar-refractivity contribution in [3.8, 4) is 11.5 Å². The molecule has 0 radical (unpaired) electrons. The Hall–Kier alpha value is -2.24. The average molecular weight is 320 g/mol. The minimum Gasteiger partial charge on any atom is -0.493 e. The molecule has 0 aliphatic carbocycles. The number of primary amides is 1. The van der Waals surface area contributed by atoms with Gasteiger partial charge in [-0.2, -0.15) is 0 Å². The predicted molar refractivity (Wildman–Crippen MR) is 86.6 cm³/mol. The van der Waals surface area contributed by atoms with E-state index in [1.807, 2.05) is 18.7 Å². The molecule has 23 heavy (non-hydrogen) atoms. The standard InChI is InChI=1S/C17H24N2O4/c1-11-6-4-7-12(2)19(11)15(20)10-23-16-13(17(18)21)8-5-9-14(16)22-3/h5,8-9,11-12H,4,6-7,10H2,1-3H3,(H2,18,21). The Balaban J connectivity index is 2.14. The van der Waals surface area contributed by atoms with Crippen LogP contribution in [0.1, 0.15) is 43.5 Å². The molecule has 2 unspecified atom stereocenters. The number of amides is 2. The van der Waals surface area contributed by atoms with Crippen molar-refractivity contribution >= 4 is 11.8 Å². The maximum Gasteiger partial charge on any atom is 0.260 e. The van der Waals surface area contributed by atoms with E-state index in [0.717, 1.165) is 19.3 Å². The van der Waals surface area contributed by atoms with Crippen molar-refractivity contribution in [2.75, 3.05) is 13.7 Å². The molecule has 0 bridgehead atoms. The summed E-state index contributed by atoms with van der Waals surface area (Å²) in [7, 11) is 1.48. The Morgan fingerprint density at radius 1 is 1.26 bits per heavy atom. The lowest BCUT2D eigenvalue weighted by molar-refractivity contribution is -0.139. The van der Waals surface area contributed by atoms with Crippen molar-refractivity contribution in [3.05, 3.63) is 23.8 Å². The minimum atomic E-state index is -0.619. The van der Waals surface area contributed by atoms with Crippen LogP contribution in [0.5, 0.6) is 11.5 Å². The van der Waals surface area contributed by atoms with Crippen LogP contribution in [0.2, 0.25) is 0 Å². The van der Waals surface area contributed by atoms with Crippen LogP contribution in [-0.2, 0) is 4.79 Å². The lowest BCUT2D eigenvalue weighted by Gasteiger charge is -2.39. The highest BCUT2D eigenvalue weighted by Crippen LogP contribution is 2.31. The number of benzene rings is 1. The summed E-state index contributed by atoms with van der Waals surface area (Å²) in [6.45, 7) is 3.95. The van der Waals surface area contributed by atoms with Gasteiger partial charge in [-0.15, -0.1) is 0 Å². The molecule has 2 atom stereocenters. The van der Waals surface area contributed by atoms with Crippen molar-refractivity contribution in [1.82, 2.24) is 4.90 Å². The Labute approximate surface area is 136 Å². The summed E-state index contributed by atoms with van der Waals surface area (Å²) in [5.41, 5.74) is 5.57. The first-order chi connectivity index (χ1) is 11.0. The summed E-state index contributed by atoms with van der Waals surface area (Å²) < 4.78 is 10.8. The first-order valence-electron chi connectivity index (χ1n) is 7.86. The first kappa shape index (κ1) is 17.1. The molecule has 1 aliphatic heterocycles. The molecule has 1 fully saturated rings. The van der Waals surface area contributed by atoms with Gasteiger partial charge in [-0.1, -0.05) is 6.07 Å². The zero-order valence-electron chi connectivity index (χ0n) is 13.9. The van der Waals surface area contributed by atoms with Crippen LogP contribution >= 0.6 is 0 Å². The summed E-state index contributed by atoms with van der Waals surface area (Å²) in [4.78, 5) is 25.9. The smallest absolute Gasteiger partial charge is 0.260 e. The Bertz CT molecular complexity index is 578. The first-order valence-corrected chi connectivity index (χ1v) is 7.86. The molecule has 2 amide bonds. The molecule has 1 saturated heterocycles. The molecule has 1 aromatic carbocycles. The van der Waals surface area contributed by atoms with Gasteiger partial charge in [0.1, 0.15) is 0 Å². The molecule has 2 N–H and O–H groups in total. The maximum atomic E-state index is 12.5. The van der Waals surface area contributed by atoms with E-state index in [1.54, 1.807) is 18.2 Å². The van der Waals surface area contributed by atoms with Gasteiger partial charge in [-0.25, -0.2) is 0 Å². The highest BCUT2D eigenvalue weighted by atomic mass is 16.5. The van der Waals surface area contributed by atoms with Crippen LogP contribution < -0.4 is 15.2 Å². The summed E-state index contributed by atoms with van der Waals surface area (Å²) in [6.07, 6.45) is 3.12. The van der Waals surface area contributed by atoms with Gasteiger partial charge >= 0.3 is 0 Å². The number of likely N-dealkylation sites (tertiary alicyclic amines) is 1. The minimum absolute atomic E-state index is 0.0916. The fourth-order valence-corrected chi connectivity index (χ4v) is 3.14. The topological polar surface area (TPSA) is 81.9 Å². The van der Waals surface area contributed by atoms with Crippen LogP contribution in [0.15, 0.2) is 18.2 Å². The van der Waals surface area contributed by atoms with Gasteiger partial charge < -0.3 is 20.1 Å². The second kappa shape index (κ2) is 7.35. The molecule has 1 heterocycles. The van der Waals surface area contributed by atoms with E-state index in [-0.39, 0.29) is 35.9 Å². The lowest BCUT2D eigenvalue weighted by atomic mass is 9.97. The van der Waals surface area contributed by atoms with Crippen LogP contribution in [0.25, 0.3) is 0 Å². The number of rotatable bonds is 5. The summed E-state index contributed by atoms with van der Waals surface area (Å²) >= 11 is 0. The molecule has 0 spiro atoms. The van der Waals surface area contributed by atoms with E-state index >= 15 is 0 Å². The van der Waals surface area contributed by atoms with E-state index in [4.69, 9.17) is 15.2 Å². The molecular weight excluding hydrogens is 296 g/mol. The second-order valence-electron chi connectivity index (χ2n) is 5.92. The SMILES string of the molecule is COc1cccc(C(N)=O)c1OCC(=O)N1C(C)CCCC1C. The van der Waals surface area contributed by atoms with Gasteiger partial charge in [0.2, 0.25) is 0 Å². The average Bonchev–Trinajstić information content (AvgIpc) is 2.52. The Kier molecular flexibility index (Phi) is 5.47. The van der Waals surface area contributed by atoms with Gasteiger partial charge in [0, 0.05) is 12.1 Å². The number of nitrogens with two attached hydrogens (primary N) is 1. The number of carbonyl (C=O) groups excluding carboxylic acids is 2. The van der Waals surface area contributed by atoms with Crippen LogP contribution in [0.3, 0.4) is 0 Å². The van der Waals surface area contributed by atoms with Gasteiger partial charge in [0.15, 0.2) is 18.1 Å². The number of ether oxygens (including phenoxy) is 2. The monoisotopic (exact) mass is 320 g/mol. The van der Waals surface area contributed by atoms with Gasteiger partial charge in [-0.05, 0) is 45.2 Å². The fourth-order valence-electron chi connectivity index (χ4n) is 3.14. The van der Waals surface area contributed by atoms with Crippen molar-refractivity contribution in [3.63, 3.8) is 0 Å². The van der Waals surface area contributed by atoms with Crippen molar-refractivity contribution < 1.29 is 19.1 Å². The predicted octanol–water partition coefficient (Wildman–Crippen LogP) is 1.96. The third-order valence-corrected chi connectivity index (χ3v) is 4.29. The van der Waals surface area contributed by atoms with Crippen LogP contribution in [0, 0.1) is 0 Å². The third kappa shape index (κ3) is 3.75. The quantitative estimate of drug-likeness (QED) is 0.899. The van der Waals surface area contributed by atoms with E-state index in [2.05, 4.69) is 0 Å². The number of nitrogens with zero attached hydrogens (tertiary/aromatic N) is 1. The molecule has 2 rings (SSSR count). The van der Waals surface area contributed by atoms with E-state index < -0.39 is 5.91 Å². The number of carbonyl (C=O) groups is 2. The van der Waals surface area contributed by atoms with E-state index in [1.165, 1.54) is 7.11 Å². The van der Waals surface area contributed by atoms with Crippen molar-refractivity contribution in [2.24, 2.45) is 5.73 Å². The molecule has 6 nitrogen and oxygen atoms in total. The number of hydrogen-bond donors (Lipinski definition) is 1. The van der Waals surface area contributed by atoms with E-state index in [0.29, 0.717) is 5.75 Å². The molecule has 1 aromatic rings. The van der Waals surface area contributed by atoms with Crippen molar-refractivity contribution in [1.29, 1.82) is 0 Å². The highest BCUT2D eigenvalue weighted by Gasteiger charge is 2.29. The van der Waals surface area contributed by atoms with Gasteiger partial charge in [-0.3, -0.25) is 9.59 Å². The molecule has 126 valence electrons. The number of para-hydroxylation sites is 1. The highest BCUT2D eigenvalue weighted by molar-refractivity contribution is 5.96. The zero-order chi connectivity index (χ0) is 17.0. The molecule has 6 heteroatoms. The molecule has 0 aromatic heterocycles. The van der Waals surface area contributed by atoms with Gasteiger partial charge in [0.05, 0.1) is 12.7 Å². The largest absolute Gasteiger partial charge is 0.493 e. The Morgan fingerprint density at radius 3 is 2.48 bits per heavy atom. The number of piperidine rings is 1. The molecule has 0 saturated carbocycles. The zero-order valence-corrected chi connectivity index (χ0v) is 13.9. The number of methoxy groups -OCH3 is 1. The Morgan fingerprint density at radius 2 is 1.91 bits per heavy atom.